The number of halogens is 1. The number of nitrogens with zero attached hydrogens (tertiary/aromatic N) is 1. The highest BCUT2D eigenvalue weighted by Crippen LogP contribution is 2.27. The van der Waals surface area contributed by atoms with Crippen molar-refractivity contribution in [1.82, 2.24) is 10.2 Å². The molecule has 0 bridgehead atoms. The second-order valence-corrected chi connectivity index (χ2v) is 5.53. The zero-order chi connectivity index (χ0) is 12.3. The van der Waals surface area contributed by atoms with Gasteiger partial charge >= 0.3 is 0 Å². The van der Waals surface area contributed by atoms with Gasteiger partial charge in [-0.05, 0) is 51.0 Å². The second-order valence-electron chi connectivity index (χ2n) is 5.53. The molecule has 0 aromatic carbocycles. The van der Waals surface area contributed by atoms with Crippen LogP contribution in [0.15, 0.2) is 0 Å². The van der Waals surface area contributed by atoms with Crippen LogP contribution in [0, 0.1) is 11.8 Å². The molecule has 1 atom stereocenters. The predicted molar refractivity (Wildman–Crippen MR) is 73.8 cm³/mol. The zero-order valence-corrected chi connectivity index (χ0v) is 11.9. The number of hydrogen-bond acceptors (Lipinski definition) is 3. The molecule has 0 aromatic rings. The van der Waals surface area contributed by atoms with Crippen molar-refractivity contribution >= 4 is 18.3 Å². The minimum absolute atomic E-state index is 0. The van der Waals surface area contributed by atoms with Gasteiger partial charge in [0.15, 0.2) is 0 Å². The third-order valence-electron chi connectivity index (χ3n) is 3.98. The number of aliphatic hydroxyl groups is 1. The summed E-state index contributed by atoms with van der Waals surface area (Å²) in [6, 6.07) is 0. The SMILES string of the molecule is CC(O)C1CCN(C(=O)CNCC2CC2)CC1.Cl. The van der Waals surface area contributed by atoms with E-state index in [0.717, 1.165) is 38.4 Å². The standard InChI is InChI=1S/C13H24N2O2.ClH/c1-10(16)12-4-6-15(7-5-12)13(17)9-14-8-11-2-3-11;/h10-12,14,16H,2-9H2,1H3;1H. The minimum Gasteiger partial charge on any atom is -0.393 e. The van der Waals surface area contributed by atoms with Crippen molar-refractivity contribution in [2.45, 2.75) is 38.7 Å². The Hall–Kier alpha value is -0.320. The molecule has 18 heavy (non-hydrogen) atoms. The van der Waals surface area contributed by atoms with Gasteiger partial charge in [0.1, 0.15) is 0 Å². The summed E-state index contributed by atoms with van der Waals surface area (Å²) in [5, 5.41) is 12.7. The molecule has 1 amide bonds. The molecule has 1 saturated carbocycles. The van der Waals surface area contributed by atoms with Gasteiger partial charge in [-0.1, -0.05) is 0 Å². The highest BCUT2D eigenvalue weighted by molar-refractivity contribution is 5.85. The lowest BCUT2D eigenvalue weighted by Crippen LogP contribution is -2.44. The summed E-state index contributed by atoms with van der Waals surface area (Å²) in [7, 11) is 0. The Kier molecular flexibility index (Phi) is 6.39. The van der Waals surface area contributed by atoms with E-state index < -0.39 is 0 Å². The minimum atomic E-state index is -0.236. The molecule has 2 rings (SSSR count). The molecule has 0 radical (unpaired) electrons. The molecule has 1 aliphatic heterocycles. The predicted octanol–water partition coefficient (Wildman–Crippen LogP) is 1.03. The van der Waals surface area contributed by atoms with Gasteiger partial charge in [-0.2, -0.15) is 0 Å². The fourth-order valence-electron chi connectivity index (χ4n) is 2.45. The topological polar surface area (TPSA) is 52.6 Å². The van der Waals surface area contributed by atoms with E-state index in [0.29, 0.717) is 12.5 Å². The first-order valence-corrected chi connectivity index (χ1v) is 6.83. The van der Waals surface area contributed by atoms with Crippen LogP contribution in [-0.4, -0.2) is 48.2 Å². The highest BCUT2D eigenvalue weighted by Gasteiger charge is 2.25. The molecule has 0 spiro atoms. The number of rotatable bonds is 5. The van der Waals surface area contributed by atoms with E-state index in [1.807, 2.05) is 11.8 Å². The van der Waals surface area contributed by atoms with E-state index >= 15 is 0 Å². The molecule has 1 saturated heterocycles. The molecule has 1 aliphatic carbocycles. The fraction of sp³-hybridized carbons (Fsp3) is 0.923. The van der Waals surface area contributed by atoms with Crippen molar-refractivity contribution < 1.29 is 9.90 Å². The number of carbonyl (C=O) groups excluding carboxylic acids is 1. The van der Waals surface area contributed by atoms with Crippen LogP contribution in [0.4, 0.5) is 0 Å². The number of aliphatic hydroxyl groups excluding tert-OH is 1. The van der Waals surface area contributed by atoms with Gasteiger partial charge in [0, 0.05) is 13.1 Å². The molecule has 0 aromatic heterocycles. The summed E-state index contributed by atoms with van der Waals surface area (Å²) in [4.78, 5) is 13.8. The Morgan fingerprint density at radius 2 is 1.94 bits per heavy atom. The molecular formula is C13H25ClN2O2. The number of amides is 1. The highest BCUT2D eigenvalue weighted by atomic mass is 35.5. The van der Waals surface area contributed by atoms with E-state index in [9.17, 15) is 9.90 Å². The maximum atomic E-state index is 11.9. The number of piperidine rings is 1. The normalized spacial score (nSPS) is 22.4. The van der Waals surface area contributed by atoms with Crippen LogP contribution in [0.3, 0.4) is 0 Å². The van der Waals surface area contributed by atoms with Crippen molar-refractivity contribution in [3.63, 3.8) is 0 Å². The van der Waals surface area contributed by atoms with E-state index in [1.54, 1.807) is 0 Å². The summed E-state index contributed by atoms with van der Waals surface area (Å²) in [5.74, 6) is 1.41. The first-order valence-electron chi connectivity index (χ1n) is 6.83. The lowest BCUT2D eigenvalue weighted by atomic mass is 9.92. The number of carbonyl (C=O) groups is 1. The largest absolute Gasteiger partial charge is 0.393 e. The Balaban J connectivity index is 0.00000162. The van der Waals surface area contributed by atoms with Gasteiger partial charge < -0.3 is 15.3 Å². The number of hydrogen-bond donors (Lipinski definition) is 2. The van der Waals surface area contributed by atoms with Crippen molar-refractivity contribution in [1.29, 1.82) is 0 Å². The second kappa shape index (κ2) is 7.31. The van der Waals surface area contributed by atoms with Gasteiger partial charge in [-0.15, -0.1) is 12.4 Å². The van der Waals surface area contributed by atoms with E-state index in [4.69, 9.17) is 0 Å². The molecule has 4 nitrogen and oxygen atoms in total. The lowest BCUT2D eigenvalue weighted by molar-refractivity contribution is -0.132. The summed E-state index contributed by atoms with van der Waals surface area (Å²) in [6.45, 7) is 4.93. The molecule has 106 valence electrons. The maximum Gasteiger partial charge on any atom is 0.236 e. The van der Waals surface area contributed by atoms with Crippen LogP contribution >= 0.6 is 12.4 Å². The molecule has 5 heteroatoms. The smallest absolute Gasteiger partial charge is 0.236 e. The summed E-state index contributed by atoms with van der Waals surface area (Å²) in [5.41, 5.74) is 0. The van der Waals surface area contributed by atoms with Crippen LogP contribution < -0.4 is 5.32 Å². The third kappa shape index (κ3) is 4.75. The quantitative estimate of drug-likeness (QED) is 0.789. The average Bonchev–Trinajstić information content (AvgIpc) is 3.13. The Morgan fingerprint density at radius 1 is 1.33 bits per heavy atom. The molecule has 2 fully saturated rings. The third-order valence-corrected chi connectivity index (χ3v) is 3.98. The van der Waals surface area contributed by atoms with Crippen LogP contribution in [0.2, 0.25) is 0 Å². The molecular weight excluding hydrogens is 252 g/mol. The average molecular weight is 277 g/mol. The molecule has 1 heterocycles. The van der Waals surface area contributed by atoms with Gasteiger partial charge in [0.2, 0.25) is 5.91 Å². The van der Waals surface area contributed by atoms with Gasteiger partial charge in [0.05, 0.1) is 12.6 Å². The molecule has 2 N–H and O–H groups in total. The Bertz CT molecular complexity index is 262. The van der Waals surface area contributed by atoms with E-state index in [-0.39, 0.29) is 24.4 Å². The van der Waals surface area contributed by atoms with Crippen molar-refractivity contribution in [3.05, 3.63) is 0 Å². The lowest BCUT2D eigenvalue weighted by Gasteiger charge is -2.33. The fourth-order valence-corrected chi connectivity index (χ4v) is 2.45. The summed E-state index contributed by atoms with van der Waals surface area (Å²) in [6.07, 6.45) is 4.28. The van der Waals surface area contributed by atoms with Gasteiger partial charge in [-0.3, -0.25) is 4.79 Å². The summed E-state index contributed by atoms with van der Waals surface area (Å²) < 4.78 is 0. The van der Waals surface area contributed by atoms with Crippen molar-refractivity contribution in [2.24, 2.45) is 11.8 Å². The van der Waals surface area contributed by atoms with Crippen LogP contribution in [0.1, 0.15) is 32.6 Å². The monoisotopic (exact) mass is 276 g/mol. The Labute approximate surface area is 116 Å². The first-order chi connectivity index (χ1) is 8.16. The van der Waals surface area contributed by atoms with Crippen LogP contribution in [0.5, 0.6) is 0 Å². The van der Waals surface area contributed by atoms with E-state index in [1.165, 1.54) is 12.8 Å². The molecule has 1 unspecified atom stereocenters. The number of likely N-dealkylation sites (tertiary alicyclic amines) is 1. The summed E-state index contributed by atoms with van der Waals surface area (Å²) >= 11 is 0. The van der Waals surface area contributed by atoms with Crippen molar-refractivity contribution in [2.75, 3.05) is 26.2 Å². The zero-order valence-electron chi connectivity index (χ0n) is 11.1. The number of nitrogens with one attached hydrogen (secondary N) is 1. The van der Waals surface area contributed by atoms with Crippen LogP contribution in [0.25, 0.3) is 0 Å². The van der Waals surface area contributed by atoms with E-state index in [2.05, 4.69) is 5.32 Å². The van der Waals surface area contributed by atoms with Crippen molar-refractivity contribution in [3.8, 4) is 0 Å². The Morgan fingerprint density at radius 3 is 2.44 bits per heavy atom. The van der Waals surface area contributed by atoms with Crippen LogP contribution in [-0.2, 0) is 4.79 Å². The molecule has 2 aliphatic rings. The van der Waals surface area contributed by atoms with Gasteiger partial charge in [0.25, 0.3) is 0 Å². The first kappa shape index (κ1) is 15.7. The maximum absolute atomic E-state index is 11.9. The van der Waals surface area contributed by atoms with Gasteiger partial charge in [-0.25, -0.2) is 0 Å².